The van der Waals surface area contributed by atoms with E-state index in [-0.39, 0.29) is 24.8 Å². The van der Waals surface area contributed by atoms with Gasteiger partial charge in [-0.15, -0.1) is 0 Å². The van der Waals surface area contributed by atoms with Crippen molar-refractivity contribution in [1.82, 2.24) is 0 Å². The van der Waals surface area contributed by atoms with Crippen molar-refractivity contribution in [3.05, 3.63) is 129 Å². The Balaban J connectivity index is 0.00000144. The molecule has 0 saturated heterocycles. The third-order valence-electron chi connectivity index (χ3n) is 5.94. The molecule has 5 rings (SSSR count). The van der Waals surface area contributed by atoms with Crippen molar-refractivity contribution in [2.75, 3.05) is 7.11 Å². The minimum absolute atomic E-state index is 0. The summed E-state index contributed by atoms with van der Waals surface area (Å²) in [5, 5.41) is 0. The summed E-state index contributed by atoms with van der Waals surface area (Å²) < 4.78 is 9.52. The van der Waals surface area contributed by atoms with E-state index >= 15 is 0 Å². The number of benzene rings is 3. The number of fused-ring (bicyclic) bond motifs is 1. The van der Waals surface area contributed by atoms with Crippen molar-refractivity contribution >= 4 is 9.28 Å². The molecule has 0 heterocycles. The van der Waals surface area contributed by atoms with Crippen LogP contribution in [0.2, 0.25) is 0 Å². The standard InChI is InChI=1S/C14H12O.C9H7.C5H5.2ClH.Zr/c1-15-14-10-6-5-9-13(14)11-12-7-3-2-4-8-12;1-2-5-9-7-3-6-8(9)4-1;1-2-4-5-3-1;;;/h2-10H,1H3;1-7H;1-3H,4H2;2*1H;/q;;;;;+2/p-2. The molecule has 3 aromatic rings. The van der Waals surface area contributed by atoms with Crippen molar-refractivity contribution in [3.8, 4) is 5.75 Å². The third kappa shape index (κ3) is 4.69. The summed E-state index contributed by atoms with van der Waals surface area (Å²) in [6.07, 6.45) is 12.8. The number of halogens is 2. The van der Waals surface area contributed by atoms with E-state index in [1.807, 2.05) is 0 Å². The quantitative estimate of drug-likeness (QED) is 0.460. The van der Waals surface area contributed by atoms with Crippen molar-refractivity contribution in [1.29, 1.82) is 0 Å². The van der Waals surface area contributed by atoms with Crippen LogP contribution in [0.15, 0.2) is 106 Å². The molecule has 0 amide bonds. The third-order valence-corrected chi connectivity index (χ3v) is 14.0. The van der Waals surface area contributed by atoms with Gasteiger partial charge in [0.15, 0.2) is 0 Å². The Labute approximate surface area is 210 Å². The SMILES string of the molecule is COc1ccccc1[C](c1ccccc1)=[Zr+2]([C]1=CC=CC1)[CH]1C=Cc2ccccc21.[Cl-].[Cl-]. The molecule has 2 aliphatic rings. The first-order valence-corrected chi connectivity index (χ1v) is 14.3. The molecule has 0 saturated carbocycles. The van der Waals surface area contributed by atoms with Crippen LogP contribution in [0.1, 0.15) is 32.3 Å². The van der Waals surface area contributed by atoms with Gasteiger partial charge in [-0.25, -0.2) is 0 Å². The number of rotatable bonds is 5. The van der Waals surface area contributed by atoms with Crippen molar-refractivity contribution in [3.63, 3.8) is 0 Å². The minimum atomic E-state index is -2.42. The van der Waals surface area contributed by atoms with Crippen LogP contribution in [-0.4, -0.2) is 10.3 Å². The summed E-state index contributed by atoms with van der Waals surface area (Å²) in [7, 11) is 1.78. The van der Waals surface area contributed by atoms with Crippen molar-refractivity contribution < 1.29 is 50.8 Å². The molecule has 0 N–H and O–H groups in total. The van der Waals surface area contributed by atoms with Crippen LogP contribution in [0.3, 0.4) is 0 Å². The summed E-state index contributed by atoms with van der Waals surface area (Å²) in [6, 6.07) is 28.4. The molecule has 1 unspecified atom stereocenters. The molecular formula is C28H24Cl2OZr. The Morgan fingerprint density at radius 2 is 1.59 bits per heavy atom. The van der Waals surface area contributed by atoms with Gasteiger partial charge in [-0.2, -0.15) is 0 Å². The van der Waals surface area contributed by atoms with Crippen LogP contribution >= 0.6 is 0 Å². The van der Waals surface area contributed by atoms with E-state index in [0.29, 0.717) is 3.63 Å². The maximum atomic E-state index is 5.85. The van der Waals surface area contributed by atoms with Crippen molar-refractivity contribution in [2.24, 2.45) is 0 Å². The smallest absolute Gasteiger partial charge is 1.00 e. The van der Waals surface area contributed by atoms with Gasteiger partial charge >= 0.3 is 187 Å². The number of para-hydroxylation sites is 1. The fraction of sp³-hybridized carbons (Fsp3) is 0.107. The van der Waals surface area contributed by atoms with Crippen LogP contribution in [0.5, 0.6) is 5.75 Å². The van der Waals surface area contributed by atoms with Crippen LogP contribution in [0, 0.1) is 0 Å². The van der Waals surface area contributed by atoms with E-state index in [2.05, 4.69) is 109 Å². The number of hydrogen-bond acceptors (Lipinski definition) is 1. The van der Waals surface area contributed by atoms with Gasteiger partial charge in [-0.05, 0) is 0 Å². The molecule has 0 fully saturated rings. The average Bonchev–Trinajstić information content (AvgIpc) is 3.49. The first kappa shape index (κ1) is 24.7. The molecule has 160 valence electrons. The fourth-order valence-corrected chi connectivity index (χ4v) is 13.1. The molecule has 1 atom stereocenters. The maximum absolute atomic E-state index is 5.85. The molecule has 0 bridgehead atoms. The normalized spacial score (nSPS) is 15.8. The molecule has 0 aromatic heterocycles. The molecular weight excluding hydrogens is 514 g/mol. The van der Waals surface area contributed by atoms with E-state index in [1.54, 1.807) is 10.4 Å². The Morgan fingerprint density at radius 1 is 0.875 bits per heavy atom. The predicted molar refractivity (Wildman–Crippen MR) is 123 cm³/mol. The zero-order valence-electron chi connectivity index (χ0n) is 17.8. The number of allylic oxidation sites excluding steroid dienone is 5. The van der Waals surface area contributed by atoms with Crippen LogP contribution in [0.25, 0.3) is 6.08 Å². The molecule has 1 nitrogen and oxygen atoms in total. The number of methoxy groups -OCH3 is 1. The molecule has 3 aromatic carbocycles. The van der Waals surface area contributed by atoms with Gasteiger partial charge in [-0.1, -0.05) is 0 Å². The Hall–Kier alpha value is -1.99. The second-order valence-electron chi connectivity index (χ2n) is 7.64. The zero-order valence-corrected chi connectivity index (χ0v) is 21.8. The molecule has 2 aliphatic carbocycles. The minimum Gasteiger partial charge on any atom is -1.00 e. The molecule has 4 heteroatoms. The van der Waals surface area contributed by atoms with Gasteiger partial charge < -0.3 is 24.8 Å². The first-order chi connectivity index (χ1) is 14.9. The molecule has 0 spiro atoms. The number of ether oxygens (including phenoxy) is 1. The van der Waals surface area contributed by atoms with Gasteiger partial charge in [0.05, 0.1) is 0 Å². The van der Waals surface area contributed by atoms with Gasteiger partial charge in [-0.3, -0.25) is 0 Å². The second-order valence-corrected chi connectivity index (χ2v) is 14.0. The van der Waals surface area contributed by atoms with E-state index in [0.717, 1.165) is 12.2 Å². The monoisotopic (exact) mass is 536 g/mol. The summed E-state index contributed by atoms with van der Waals surface area (Å²) >= 11 is -2.42. The maximum Gasteiger partial charge on any atom is -1.00 e. The zero-order chi connectivity index (χ0) is 20.3. The predicted octanol–water partition coefficient (Wildman–Crippen LogP) is 0.502. The molecule has 32 heavy (non-hydrogen) atoms. The Kier molecular flexibility index (Phi) is 8.66. The van der Waals surface area contributed by atoms with Gasteiger partial charge in [0.1, 0.15) is 0 Å². The van der Waals surface area contributed by atoms with Gasteiger partial charge in [0.2, 0.25) is 0 Å². The largest absolute Gasteiger partial charge is 1.00 e. The van der Waals surface area contributed by atoms with Crippen LogP contribution in [-0.2, 0) is 21.3 Å². The summed E-state index contributed by atoms with van der Waals surface area (Å²) in [5.74, 6) is 0.969. The van der Waals surface area contributed by atoms with Crippen molar-refractivity contribution in [2.45, 2.75) is 10.0 Å². The van der Waals surface area contributed by atoms with Crippen LogP contribution in [0.4, 0.5) is 0 Å². The Morgan fingerprint density at radius 3 is 2.34 bits per heavy atom. The van der Waals surface area contributed by atoms with Gasteiger partial charge in [0, 0.05) is 0 Å². The number of hydrogen-bond donors (Lipinski definition) is 0. The average molecular weight is 539 g/mol. The summed E-state index contributed by atoms with van der Waals surface area (Å²) in [6.45, 7) is 0. The topological polar surface area (TPSA) is 9.23 Å². The summed E-state index contributed by atoms with van der Waals surface area (Å²) in [4.78, 5) is 0. The molecule has 0 radical (unpaired) electrons. The first-order valence-electron chi connectivity index (χ1n) is 10.4. The molecule has 0 aliphatic heterocycles. The van der Waals surface area contributed by atoms with Gasteiger partial charge in [0.25, 0.3) is 0 Å². The van der Waals surface area contributed by atoms with E-state index in [9.17, 15) is 0 Å². The summed E-state index contributed by atoms with van der Waals surface area (Å²) in [5.41, 5.74) is 5.45. The second kappa shape index (κ2) is 11.2. The van der Waals surface area contributed by atoms with E-state index in [1.165, 1.54) is 25.5 Å². The Bertz CT molecular complexity index is 1210. The fourth-order valence-electron chi connectivity index (χ4n) is 4.58. The van der Waals surface area contributed by atoms with E-state index in [4.69, 9.17) is 4.74 Å². The van der Waals surface area contributed by atoms with E-state index < -0.39 is 21.3 Å². The van der Waals surface area contributed by atoms with Crippen LogP contribution < -0.4 is 29.6 Å².